The second kappa shape index (κ2) is 7.56. The van der Waals surface area contributed by atoms with E-state index in [0.29, 0.717) is 16.3 Å². The van der Waals surface area contributed by atoms with Crippen LogP contribution in [0.4, 0.5) is 5.13 Å². The fraction of sp³-hybridized carbons (Fsp3) is 0.389. The van der Waals surface area contributed by atoms with Gasteiger partial charge in [0.25, 0.3) is 5.91 Å². The number of nitriles is 1. The minimum Gasteiger partial charge on any atom is -0.298 e. The minimum absolute atomic E-state index is 0.236. The summed E-state index contributed by atoms with van der Waals surface area (Å²) < 4.78 is 0. The number of carbonyl (C=O) groups is 1. The summed E-state index contributed by atoms with van der Waals surface area (Å²) >= 11 is 1.44. The second-order valence-electron chi connectivity index (χ2n) is 6.27. The number of nitrogens with zero attached hydrogens (tertiary/aromatic N) is 3. The molecule has 0 radical (unpaired) electrons. The Morgan fingerprint density at radius 3 is 3.21 bits per heavy atom. The van der Waals surface area contributed by atoms with E-state index in [2.05, 4.69) is 22.1 Å². The Kier molecular flexibility index (Phi) is 5.24. The van der Waals surface area contributed by atoms with Gasteiger partial charge in [0.2, 0.25) is 0 Å². The SMILES string of the molecule is CC1CCCN(Cc2csc(NC(=O)c3cccc(C#N)c3)n2)C1. The highest BCUT2D eigenvalue weighted by atomic mass is 32.1. The van der Waals surface area contributed by atoms with Crippen LogP contribution in [0, 0.1) is 17.2 Å². The van der Waals surface area contributed by atoms with Gasteiger partial charge in [-0.1, -0.05) is 13.0 Å². The van der Waals surface area contributed by atoms with Crippen molar-refractivity contribution in [3.8, 4) is 6.07 Å². The van der Waals surface area contributed by atoms with Crippen LogP contribution in [0.3, 0.4) is 0 Å². The van der Waals surface area contributed by atoms with Crippen LogP contribution < -0.4 is 5.32 Å². The Morgan fingerprint density at radius 2 is 2.42 bits per heavy atom. The minimum atomic E-state index is -0.236. The number of benzene rings is 1. The molecule has 1 unspecified atom stereocenters. The predicted octanol–water partition coefficient (Wildman–Crippen LogP) is 3.50. The summed E-state index contributed by atoms with van der Waals surface area (Å²) in [6.07, 6.45) is 2.54. The van der Waals surface area contributed by atoms with Gasteiger partial charge in [0.1, 0.15) is 0 Å². The van der Waals surface area contributed by atoms with E-state index in [0.717, 1.165) is 31.2 Å². The van der Waals surface area contributed by atoms with E-state index < -0.39 is 0 Å². The summed E-state index contributed by atoms with van der Waals surface area (Å²) in [5, 5.41) is 14.3. The van der Waals surface area contributed by atoms with Gasteiger partial charge >= 0.3 is 0 Å². The molecule has 1 amide bonds. The predicted molar refractivity (Wildman–Crippen MR) is 94.9 cm³/mol. The van der Waals surface area contributed by atoms with Crippen molar-refractivity contribution in [3.05, 3.63) is 46.5 Å². The first kappa shape index (κ1) is 16.6. The zero-order chi connectivity index (χ0) is 16.9. The van der Waals surface area contributed by atoms with Crippen LogP contribution in [0.15, 0.2) is 29.6 Å². The van der Waals surface area contributed by atoms with Crippen molar-refractivity contribution in [1.29, 1.82) is 5.26 Å². The molecule has 24 heavy (non-hydrogen) atoms. The summed E-state index contributed by atoms with van der Waals surface area (Å²) in [5.41, 5.74) is 1.94. The molecule has 0 spiro atoms. The Bertz CT molecular complexity index is 764. The molecule has 2 heterocycles. The number of thiazole rings is 1. The lowest BCUT2D eigenvalue weighted by atomic mass is 10.0. The van der Waals surface area contributed by atoms with E-state index >= 15 is 0 Å². The van der Waals surface area contributed by atoms with Gasteiger partial charge in [-0.3, -0.25) is 15.0 Å². The van der Waals surface area contributed by atoms with Crippen LogP contribution in [-0.4, -0.2) is 28.9 Å². The lowest BCUT2D eigenvalue weighted by Crippen LogP contribution is -2.33. The van der Waals surface area contributed by atoms with Gasteiger partial charge in [-0.15, -0.1) is 11.3 Å². The molecule has 124 valence electrons. The number of aromatic nitrogens is 1. The third kappa shape index (κ3) is 4.19. The molecular formula is C18H20N4OS. The lowest BCUT2D eigenvalue weighted by Gasteiger charge is -2.30. The molecule has 1 atom stereocenters. The van der Waals surface area contributed by atoms with Gasteiger partial charge in [-0.25, -0.2) is 4.98 Å². The fourth-order valence-electron chi connectivity index (χ4n) is 3.00. The maximum atomic E-state index is 12.3. The molecule has 1 N–H and O–H groups in total. The molecule has 1 aromatic heterocycles. The molecule has 3 rings (SSSR count). The summed E-state index contributed by atoms with van der Waals surface area (Å²) in [5.74, 6) is 0.503. The second-order valence-corrected chi connectivity index (χ2v) is 7.13. The summed E-state index contributed by atoms with van der Waals surface area (Å²) in [6.45, 7) is 5.35. The number of anilines is 1. The number of rotatable bonds is 4. The average Bonchev–Trinajstić information content (AvgIpc) is 3.01. The van der Waals surface area contributed by atoms with E-state index in [1.54, 1.807) is 24.3 Å². The van der Waals surface area contributed by atoms with Gasteiger partial charge in [-0.05, 0) is 43.5 Å². The Labute approximate surface area is 145 Å². The van der Waals surface area contributed by atoms with Crippen molar-refractivity contribution in [3.63, 3.8) is 0 Å². The molecule has 6 heteroatoms. The number of likely N-dealkylation sites (tertiary alicyclic amines) is 1. The summed E-state index contributed by atoms with van der Waals surface area (Å²) in [4.78, 5) is 19.2. The van der Waals surface area contributed by atoms with Crippen molar-refractivity contribution >= 4 is 22.4 Å². The van der Waals surface area contributed by atoms with Crippen LogP contribution in [0.1, 0.15) is 41.4 Å². The highest BCUT2D eigenvalue weighted by Crippen LogP contribution is 2.21. The Hall–Kier alpha value is -2.23. The number of hydrogen-bond acceptors (Lipinski definition) is 5. The van der Waals surface area contributed by atoms with Gasteiger partial charge in [-0.2, -0.15) is 5.26 Å². The first-order valence-corrected chi connectivity index (χ1v) is 9.00. The first-order chi connectivity index (χ1) is 11.6. The number of carbonyl (C=O) groups excluding carboxylic acids is 1. The largest absolute Gasteiger partial charge is 0.298 e. The third-order valence-electron chi connectivity index (χ3n) is 4.15. The van der Waals surface area contributed by atoms with Gasteiger partial charge in [0, 0.05) is 24.0 Å². The van der Waals surface area contributed by atoms with E-state index in [4.69, 9.17) is 5.26 Å². The molecule has 2 aromatic rings. The molecule has 1 saturated heterocycles. The van der Waals surface area contributed by atoms with E-state index in [1.165, 1.54) is 24.2 Å². The van der Waals surface area contributed by atoms with Gasteiger partial charge < -0.3 is 0 Å². The molecule has 0 aliphatic carbocycles. The molecule has 0 saturated carbocycles. The van der Waals surface area contributed by atoms with Crippen molar-refractivity contribution in [2.24, 2.45) is 5.92 Å². The fourth-order valence-corrected chi connectivity index (χ4v) is 3.69. The zero-order valence-electron chi connectivity index (χ0n) is 13.7. The normalized spacial score (nSPS) is 18.1. The number of hydrogen-bond donors (Lipinski definition) is 1. The topological polar surface area (TPSA) is 69.0 Å². The summed E-state index contributed by atoms with van der Waals surface area (Å²) in [7, 11) is 0. The quantitative estimate of drug-likeness (QED) is 0.925. The standard InChI is InChI=1S/C18H20N4OS/c1-13-4-3-7-22(10-13)11-16-12-24-18(20-16)21-17(23)15-6-2-5-14(8-15)9-19/h2,5-6,8,12-13H,3-4,7,10-11H2,1H3,(H,20,21,23). The maximum absolute atomic E-state index is 12.3. The van der Waals surface area contributed by atoms with E-state index in [9.17, 15) is 4.79 Å². The van der Waals surface area contributed by atoms with Gasteiger partial charge in [0.15, 0.2) is 5.13 Å². The molecule has 1 aliphatic heterocycles. The molecule has 1 fully saturated rings. The maximum Gasteiger partial charge on any atom is 0.257 e. The van der Waals surface area contributed by atoms with E-state index in [-0.39, 0.29) is 5.91 Å². The van der Waals surface area contributed by atoms with Crippen LogP contribution in [-0.2, 0) is 6.54 Å². The van der Waals surface area contributed by atoms with Crippen molar-refractivity contribution in [2.75, 3.05) is 18.4 Å². The number of nitrogens with one attached hydrogen (secondary N) is 1. The molecule has 1 aliphatic rings. The smallest absolute Gasteiger partial charge is 0.257 e. The Balaban J connectivity index is 1.61. The summed E-state index contributed by atoms with van der Waals surface area (Å²) in [6, 6.07) is 8.70. The molecule has 5 nitrogen and oxygen atoms in total. The highest BCUT2D eigenvalue weighted by Gasteiger charge is 2.17. The van der Waals surface area contributed by atoms with Crippen molar-refractivity contribution in [2.45, 2.75) is 26.3 Å². The highest BCUT2D eigenvalue weighted by molar-refractivity contribution is 7.13. The third-order valence-corrected chi connectivity index (χ3v) is 4.96. The zero-order valence-corrected chi connectivity index (χ0v) is 14.5. The molecule has 1 aromatic carbocycles. The molecular weight excluding hydrogens is 320 g/mol. The van der Waals surface area contributed by atoms with Crippen molar-refractivity contribution < 1.29 is 4.79 Å². The monoisotopic (exact) mass is 340 g/mol. The number of piperidine rings is 1. The Morgan fingerprint density at radius 1 is 1.54 bits per heavy atom. The van der Waals surface area contributed by atoms with Gasteiger partial charge in [0.05, 0.1) is 17.3 Å². The number of amides is 1. The van der Waals surface area contributed by atoms with Crippen LogP contribution in [0.2, 0.25) is 0 Å². The van der Waals surface area contributed by atoms with Crippen LogP contribution in [0.25, 0.3) is 0 Å². The van der Waals surface area contributed by atoms with Crippen molar-refractivity contribution in [1.82, 2.24) is 9.88 Å². The van der Waals surface area contributed by atoms with Crippen LogP contribution >= 0.6 is 11.3 Å². The average molecular weight is 340 g/mol. The lowest BCUT2D eigenvalue weighted by molar-refractivity contribution is 0.102. The van der Waals surface area contributed by atoms with E-state index in [1.807, 2.05) is 11.4 Å². The van der Waals surface area contributed by atoms with Crippen LogP contribution in [0.5, 0.6) is 0 Å². The first-order valence-electron chi connectivity index (χ1n) is 8.12. The molecule has 0 bridgehead atoms.